The van der Waals surface area contributed by atoms with E-state index in [-0.39, 0.29) is 5.97 Å². The van der Waals surface area contributed by atoms with Crippen LogP contribution in [0.3, 0.4) is 0 Å². The fourth-order valence-electron chi connectivity index (χ4n) is 1.59. The van der Waals surface area contributed by atoms with Gasteiger partial charge in [0.25, 0.3) is 0 Å². The summed E-state index contributed by atoms with van der Waals surface area (Å²) in [4.78, 5) is 21.1. The molecule has 0 spiro atoms. The number of carbonyl (C=O) groups excluding carboxylic acids is 1. The molecule has 0 unspecified atom stereocenters. The molecule has 1 rings (SSSR count). The summed E-state index contributed by atoms with van der Waals surface area (Å²) in [5.74, 6) is -0.343. The van der Waals surface area contributed by atoms with Gasteiger partial charge in [-0.15, -0.1) is 0 Å². The minimum Gasteiger partial charge on any atom is -0.465 e. The number of nitrogens with zero attached hydrogens (tertiary/aromatic N) is 1. The third kappa shape index (κ3) is 2.10. The molecule has 0 radical (unpaired) electrons. The Morgan fingerprint density at radius 2 is 2.43 bits per heavy atom. The molecule has 0 aromatic rings. The largest absolute Gasteiger partial charge is 0.465 e. The molecule has 1 atom stereocenters. The molecule has 0 saturated carbocycles. The van der Waals surface area contributed by atoms with Crippen LogP contribution in [0.1, 0.15) is 26.2 Å². The van der Waals surface area contributed by atoms with Gasteiger partial charge in [-0.1, -0.05) is 6.92 Å². The Morgan fingerprint density at radius 3 is 2.93 bits per heavy atom. The van der Waals surface area contributed by atoms with E-state index >= 15 is 0 Å². The number of rotatable bonds is 3. The molecule has 1 fully saturated rings. The lowest BCUT2D eigenvalue weighted by atomic mass is 9.79. The molecule has 78 valence electrons. The molecule has 0 aromatic carbocycles. The van der Waals surface area contributed by atoms with Crippen LogP contribution in [-0.2, 0) is 9.53 Å². The van der Waals surface area contributed by atoms with Crippen LogP contribution in [0.25, 0.3) is 0 Å². The Bertz CT molecular complexity index is 274. The normalized spacial score (nSPS) is 27.6. The van der Waals surface area contributed by atoms with Crippen molar-refractivity contribution >= 4 is 5.97 Å². The van der Waals surface area contributed by atoms with Crippen molar-refractivity contribution in [1.29, 1.82) is 0 Å². The predicted octanol–water partition coefficient (Wildman–Crippen LogP) is 1.51. The van der Waals surface area contributed by atoms with Gasteiger partial charge in [-0.3, -0.25) is 14.9 Å². The first-order valence-corrected chi connectivity index (χ1v) is 4.61. The maximum absolute atomic E-state index is 11.5. The molecule has 5 heteroatoms. The second-order valence-corrected chi connectivity index (χ2v) is 3.35. The summed E-state index contributed by atoms with van der Waals surface area (Å²) in [6.45, 7) is 2.25. The van der Waals surface area contributed by atoms with Crippen molar-refractivity contribution < 1.29 is 14.5 Å². The Labute approximate surface area is 81.9 Å². The summed E-state index contributed by atoms with van der Waals surface area (Å²) < 4.78 is 4.90. The van der Waals surface area contributed by atoms with Gasteiger partial charge in [-0.25, -0.2) is 0 Å². The summed E-state index contributed by atoms with van der Waals surface area (Å²) in [6.07, 6.45) is 4.12. The fraction of sp³-hybridized carbons (Fsp3) is 0.667. The molecule has 1 aliphatic heterocycles. The molecule has 0 aromatic heterocycles. The van der Waals surface area contributed by atoms with Gasteiger partial charge in [0.2, 0.25) is 6.20 Å². The minimum absolute atomic E-state index is 0.343. The van der Waals surface area contributed by atoms with Gasteiger partial charge in [-0.05, 0) is 19.3 Å². The smallest absolute Gasteiger partial charge is 0.316 e. The van der Waals surface area contributed by atoms with Gasteiger partial charge in [-0.2, -0.15) is 0 Å². The number of nitro groups is 1. The van der Waals surface area contributed by atoms with E-state index in [1.807, 2.05) is 6.92 Å². The molecular formula is C9H13NO4. The molecule has 0 N–H and O–H groups in total. The number of ether oxygens (including phenoxy) is 1. The summed E-state index contributed by atoms with van der Waals surface area (Å²) in [5, 5.41) is 10.2. The molecule has 1 heterocycles. The highest BCUT2D eigenvalue weighted by Gasteiger charge is 2.39. The number of hydrogen-bond donors (Lipinski definition) is 0. The van der Waals surface area contributed by atoms with Crippen LogP contribution in [-0.4, -0.2) is 17.5 Å². The molecule has 5 nitrogen and oxygen atoms in total. The average molecular weight is 199 g/mol. The second-order valence-electron chi connectivity index (χ2n) is 3.35. The van der Waals surface area contributed by atoms with E-state index in [0.717, 1.165) is 12.6 Å². The van der Waals surface area contributed by atoms with Crippen molar-refractivity contribution in [2.24, 2.45) is 5.41 Å². The van der Waals surface area contributed by atoms with Gasteiger partial charge in [0, 0.05) is 6.08 Å². The Morgan fingerprint density at radius 1 is 1.71 bits per heavy atom. The van der Waals surface area contributed by atoms with E-state index in [9.17, 15) is 14.9 Å². The zero-order chi connectivity index (χ0) is 10.6. The SMILES string of the molecule is CC[C@@]1(/C=C/[N+](=O)[O-])CCCOC1=O. The van der Waals surface area contributed by atoms with E-state index in [0.29, 0.717) is 19.4 Å². The number of esters is 1. The highest BCUT2D eigenvalue weighted by Crippen LogP contribution is 2.34. The van der Waals surface area contributed by atoms with Crippen LogP contribution in [0.4, 0.5) is 0 Å². The maximum atomic E-state index is 11.5. The molecule has 0 bridgehead atoms. The van der Waals surface area contributed by atoms with Gasteiger partial charge in [0.1, 0.15) is 0 Å². The number of cyclic esters (lactones) is 1. The third-order valence-corrected chi connectivity index (χ3v) is 2.55. The van der Waals surface area contributed by atoms with Crippen molar-refractivity contribution in [2.45, 2.75) is 26.2 Å². The Kier molecular flexibility index (Phi) is 3.22. The summed E-state index contributed by atoms with van der Waals surface area (Å²) in [5.41, 5.74) is -0.772. The first-order valence-electron chi connectivity index (χ1n) is 4.61. The van der Waals surface area contributed by atoms with E-state index in [1.54, 1.807) is 0 Å². The summed E-state index contributed by atoms with van der Waals surface area (Å²) in [6, 6.07) is 0. The standard InChI is InChI=1S/C9H13NO4/c1-2-9(5-6-10(12)13)4-3-7-14-8(9)11/h5-6H,2-4,7H2,1H3/b6-5+/t9-/m0/s1. The van der Waals surface area contributed by atoms with Crippen molar-refractivity contribution in [3.05, 3.63) is 22.4 Å². The first kappa shape index (κ1) is 10.7. The average Bonchev–Trinajstić information content (AvgIpc) is 2.17. The number of carbonyl (C=O) groups is 1. The van der Waals surface area contributed by atoms with Crippen molar-refractivity contribution in [3.63, 3.8) is 0 Å². The van der Waals surface area contributed by atoms with E-state index in [4.69, 9.17) is 4.74 Å². The number of hydrogen-bond acceptors (Lipinski definition) is 4. The Balaban J connectivity index is 2.83. The van der Waals surface area contributed by atoms with E-state index in [1.165, 1.54) is 6.08 Å². The lowest BCUT2D eigenvalue weighted by Gasteiger charge is -2.30. The lowest BCUT2D eigenvalue weighted by Crippen LogP contribution is -2.35. The first-order chi connectivity index (χ1) is 6.60. The Hall–Kier alpha value is -1.39. The molecule has 1 saturated heterocycles. The van der Waals surface area contributed by atoms with Crippen LogP contribution in [0.5, 0.6) is 0 Å². The zero-order valence-corrected chi connectivity index (χ0v) is 8.06. The molecule has 1 aliphatic rings. The highest BCUT2D eigenvalue weighted by molar-refractivity contribution is 5.79. The predicted molar refractivity (Wildman–Crippen MR) is 49.1 cm³/mol. The molecule has 14 heavy (non-hydrogen) atoms. The van der Waals surface area contributed by atoms with E-state index < -0.39 is 10.3 Å². The van der Waals surface area contributed by atoms with Crippen LogP contribution >= 0.6 is 0 Å². The summed E-state index contributed by atoms with van der Waals surface area (Å²) >= 11 is 0. The second kappa shape index (κ2) is 4.21. The van der Waals surface area contributed by atoms with Crippen LogP contribution in [0.2, 0.25) is 0 Å². The van der Waals surface area contributed by atoms with Crippen molar-refractivity contribution in [2.75, 3.05) is 6.61 Å². The minimum atomic E-state index is -0.772. The topological polar surface area (TPSA) is 69.4 Å². The van der Waals surface area contributed by atoms with Crippen LogP contribution in [0, 0.1) is 15.5 Å². The molecule has 0 amide bonds. The van der Waals surface area contributed by atoms with Crippen LogP contribution in [0.15, 0.2) is 12.3 Å². The highest BCUT2D eigenvalue weighted by atomic mass is 16.6. The van der Waals surface area contributed by atoms with Crippen molar-refractivity contribution in [3.8, 4) is 0 Å². The summed E-state index contributed by atoms with van der Waals surface area (Å²) in [7, 11) is 0. The zero-order valence-electron chi connectivity index (χ0n) is 8.06. The quantitative estimate of drug-likeness (QED) is 0.392. The molecular weight excluding hydrogens is 186 g/mol. The van der Waals surface area contributed by atoms with Crippen molar-refractivity contribution in [1.82, 2.24) is 0 Å². The van der Waals surface area contributed by atoms with Gasteiger partial charge >= 0.3 is 5.97 Å². The van der Waals surface area contributed by atoms with Gasteiger partial charge < -0.3 is 4.74 Å². The third-order valence-electron chi connectivity index (χ3n) is 2.55. The molecule has 0 aliphatic carbocycles. The lowest BCUT2D eigenvalue weighted by molar-refractivity contribution is -0.403. The maximum Gasteiger partial charge on any atom is 0.316 e. The van der Waals surface area contributed by atoms with E-state index in [2.05, 4.69) is 0 Å². The monoisotopic (exact) mass is 199 g/mol. The van der Waals surface area contributed by atoms with Crippen LogP contribution < -0.4 is 0 Å². The fourth-order valence-corrected chi connectivity index (χ4v) is 1.59. The van der Waals surface area contributed by atoms with Gasteiger partial charge in [0.15, 0.2) is 0 Å². The van der Waals surface area contributed by atoms with Gasteiger partial charge in [0.05, 0.1) is 16.9 Å².